The molecule has 1 N–H and O–H groups in total. The third kappa shape index (κ3) is 4.51. The number of para-hydroxylation sites is 2. The zero-order valence-corrected chi connectivity index (χ0v) is 26.6. The molecule has 0 saturated carbocycles. The third-order valence-electron chi connectivity index (χ3n) is 9.79. The van der Waals surface area contributed by atoms with Gasteiger partial charge in [-0.05, 0) is 81.6 Å². The van der Waals surface area contributed by atoms with Gasteiger partial charge in [0, 0.05) is 55.7 Å². The van der Waals surface area contributed by atoms with Crippen LogP contribution in [0.4, 0.5) is 17.1 Å². The molecule has 3 nitrogen and oxygen atoms in total. The summed E-state index contributed by atoms with van der Waals surface area (Å²) in [6, 6.07) is 62.8. The summed E-state index contributed by atoms with van der Waals surface area (Å²) in [4.78, 5) is 5.96. The number of nitrogens with one attached hydrogen (secondary N) is 1. The number of benzene rings is 8. The molecule has 0 aliphatic carbocycles. The third-order valence-corrected chi connectivity index (χ3v) is 9.79. The molecule has 2 aromatic heterocycles. The van der Waals surface area contributed by atoms with Gasteiger partial charge in [0.2, 0.25) is 0 Å². The molecule has 0 radical (unpaired) electrons. The summed E-state index contributed by atoms with van der Waals surface area (Å²) in [6.45, 7) is 0. The van der Waals surface area contributed by atoms with Crippen molar-refractivity contribution < 1.29 is 4.42 Å². The van der Waals surface area contributed by atoms with Crippen molar-refractivity contribution >= 4 is 71.6 Å². The van der Waals surface area contributed by atoms with Crippen molar-refractivity contribution in [2.75, 3.05) is 4.90 Å². The van der Waals surface area contributed by atoms with E-state index in [9.17, 15) is 0 Å². The fraction of sp³-hybridized carbons (Fsp3) is 0. The lowest BCUT2D eigenvalue weighted by Crippen LogP contribution is -2.09. The monoisotopic (exact) mass is 626 g/mol. The highest BCUT2D eigenvalue weighted by atomic mass is 16.3. The SMILES string of the molecule is c1ccc(-c2cccc3cccc(-c4ccc(N(c5ccc6c(c5)[nH]c5ccccc56)c5ccc6c(c5)oc5ccccc56)cc4)c23)cc1. The van der Waals surface area contributed by atoms with Crippen LogP contribution in [-0.2, 0) is 0 Å². The van der Waals surface area contributed by atoms with E-state index in [2.05, 4.69) is 174 Å². The lowest BCUT2D eigenvalue weighted by molar-refractivity contribution is 0.669. The second kappa shape index (κ2) is 11.0. The summed E-state index contributed by atoms with van der Waals surface area (Å²) >= 11 is 0. The smallest absolute Gasteiger partial charge is 0.137 e. The van der Waals surface area contributed by atoms with Crippen LogP contribution in [0.25, 0.3) is 76.8 Å². The molecule has 0 aliphatic rings. The number of fused-ring (bicyclic) bond motifs is 7. The van der Waals surface area contributed by atoms with Crippen molar-refractivity contribution in [1.29, 1.82) is 0 Å². The highest BCUT2D eigenvalue weighted by molar-refractivity contribution is 6.10. The van der Waals surface area contributed by atoms with Crippen LogP contribution in [0.15, 0.2) is 180 Å². The van der Waals surface area contributed by atoms with Crippen molar-refractivity contribution in [3.63, 3.8) is 0 Å². The van der Waals surface area contributed by atoms with Crippen LogP contribution in [0.1, 0.15) is 0 Å². The number of furan rings is 1. The average molecular weight is 627 g/mol. The lowest BCUT2D eigenvalue weighted by Gasteiger charge is -2.26. The molecule has 0 amide bonds. The number of aromatic nitrogens is 1. The summed E-state index contributed by atoms with van der Waals surface area (Å²) in [6.07, 6.45) is 0. The number of hydrogen-bond donors (Lipinski definition) is 1. The van der Waals surface area contributed by atoms with Crippen LogP contribution in [-0.4, -0.2) is 4.98 Å². The Balaban J connectivity index is 1.14. The normalized spacial score (nSPS) is 11.7. The number of hydrogen-bond acceptors (Lipinski definition) is 2. The zero-order chi connectivity index (χ0) is 32.3. The Morgan fingerprint density at radius 1 is 0.388 bits per heavy atom. The Hall–Kier alpha value is -6.58. The van der Waals surface area contributed by atoms with Crippen LogP contribution < -0.4 is 4.90 Å². The second-order valence-electron chi connectivity index (χ2n) is 12.6. The van der Waals surface area contributed by atoms with E-state index in [-0.39, 0.29) is 0 Å². The van der Waals surface area contributed by atoms with E-state index in [4.69, 9.17) is 4.42 Å². The summed E-state index contributed by atoms with van der Waals surface area (Å²) in [7, 11) is 0. The van der Waals surface area contributed by atoms with Crippen LogP contribution >= 0.6 is 0 Å². The van der Waals surface area contributed by atoms with Crippen molar-refractivity contribution in [3.8, 4) is 22.3 Å². The topological polar surface area (TPSA) is 32.2 Å². The summed E-state index contributed by atoms with van der Waals surface area (Å²) in [5.41, 5.74) is 12.0. The number of H-pyrrole nitrogens is 1. The van der Waals surface area contributed by atoms with Gasteiger partial charge in [-0.25, -0.2) is 0 Å². The van der Waals surface area contributed by atoms with Crippen LogP contribution in [0, 0.1) is 0 Å². The zero-order valence-electron chi connectivity index (χ0n) is 26.6. The van der Waals surface area contributed by atoms with Crippen molar-refractivity contribution in [2.24, 2.45) is 0 Å². The van der Waals surface area contributed by atoms with Gasteiger partial charge in [0.15, 0.2) is 0 Å². The summed E-state index contributed by atoms with van der Waals surface area (Å²) in [5, 5.41) is 7.19. The predicted octanol–water partition coefficient (Wildman–Crippen LogP) is 13.2. The van der Waals surface area contributed by atoms with E-state index in [0.717, 1.165) is 50.0 Å². The molecule has 2 heterocycles. The maximum absolute atomic E-state index is 6.36. The number of nitrogens with zero attached hydrogens (tertiary/aromatic N) is 1. The molecule has 0 bridgehead atoms. The quantitative estimate of drug-likeness (QED) is 0.206. The first kappa shape index (κ1) is 27.5. The fourth-order valence-electron chi connectivity index (χ4n) is 7.51. The number of aromatic amines is 1. The number of anilines is 3. The van der Waals surface area contributed by atoms with E-state index >= 15 is 0 Å². The van der Waals surface area contributed by atoms with Gasteiger partial charge in [-0.3, -0.25) is 0 Å². The molecular formula is C46H30N2O. The molecule has 0 saturated heterocycles. The van der Waals surface area contributed by atoms with E-state index in [1.54, 1.807) is 0 Å². The van der Waals surface area contributed by atoms with Gasteiger partial charge in [0.25, 0.3) is 0 Å². The Morgan fingerprint density at radius 3 is 1.78 bits per heavy atom. The van der Waals surface area contributed by atoms with Gasteiger partial charge in [0.05, 0.1) is 0 Å². The Morgan fingerprint density at radius 2 is 0.980 bits per heavy atom. The molecule has 0 fully saturated rings. The second-order valence-corrected chi connectivity index (χ2v) is 12.6. The molecular weight excluding hydrogens is 597 g/mol. The van der Waals surface area contributed by atoms with Gasteiger partial charge < -0.3 is 14.3 Å². The molecule has 230 valence electrons. The van der Waals surface area contributed by atoms with Crippen molar-refractivity contribution in [3.05, 3.63) is 176 Å². The summed E-state index contributed by atoms with van der Waals surface area (Å²) in [5.74, 6) is 0. The van der Waals surface area contributed by atoms with Gasteiger partial charge in [-0.15, -0.1) is 0 Å². The lowest BCUT2D eigenvalue weighted by atomic mass is 9.91. The summed E-state index contributed by atoms with van der Waals surface area (Å²) < 4.78 is 6.36. The minimum Gasteiger partial charge on any atom is -0.456 e. The van der Waals surface area contributed by atoms with Gasteiger partial charge in [-0.2, -0.15) is 0 Å². The first-order valence-corrected chi connectivity index (χ1v) is 16.7. The first-order valence-electron chi connectivity index (χ1n) is 16.7. The Kier molecular flexibility index (Phi) is 6.18. The first-order chi connectivity index (χ1) is 24.3. The maximum Gasteiger partial charge on any atom is 0.137 e. The molecule has 10 aromatic rings. The molecule has 49 heavy (non-hydrogen) atoms. The minimum absolute atomic E-state index is 0.871. The van der Waals surface area contributed by atoms with Crippen LogP contribution in [0.3, 0.4) is 0 Å². The van der Waals surface area contributed by atoms with Crippen LogP contribution in [0.5, 0.6) is 0 Å². The van der Waals surface area contributed by atoms with Gasteiger partial charge in [0.1, 0.15) is 11.2 Å². The average Bonchev–Trinajstić information content (AvgIpc) is 3.73. The molecule has 0 unspecified atom stereocenters. The predicted molar refractivity (Wildman–Crippen MR) is 206 cm³/mol. The molecule has 8 aromatic carbocycles. The molecule has 0 aliphatic heterocycles. The van der Waals surface area contributed by atoms with E-state index < -0.39 is 0 Å². The van der Waals surface area contributed by atoms with E-state index in [1.165, 1.54) is 43.8 Å². The Bertz CT molecular complexity index is 2710. The molecule has 10 rings (SSSR count). The molecule has 0 spiro atoms. The number of rotatable bonds is 5. The standard InChI is InChI=1S/C46H30N2O/c1-2-10-30(11-3-1)36-16-8-12-32-13-9-17-37(46(32)36)31-20-22-33(23-21-31)48(34-24-26-39-38-14-4-6-18-42(38)47-43(39)28-34)35-25-27-41-40-15-5-7-19-44(40)49-45(41)29-35/h1-29,47H. The Labute approximate surface area is 283 Å². The van der Waals surface area contributed by atoms with Gasteiger partial charge >= 0.3 is 0 Å². The van der Waals surface area contributed by atoms with Crippen LogP contribution in [0.2, 0.25) is 0 Å². The molecule has 0 atom stereocenters. The highest BCUT2D eigenvalue weighted by Crippen LogP contribution is 2.42. The fourth-order valence-corrected chi connectivity index (χ4v) is 7.51. The largest absolute Gasteiger partial charge is 0.456 e. The van der Waals surface area contributed by atoms with Crippen molar-refractivity contribution in [1.82, 2.24) is 4.98 Å². The van der Waals surface area contributed by atoms with Gasteiger partial charge in [-0.1, -0.05) is 121 Å². The van der Waals surface area contributed by atoms with E-state index in [1.807, 2.05) is 12.1 Å². The van der Waals surface area contributed by atoms with Crippen molar-refractivity contribution in [2.45, 2.75) is 0 Å². The maximum atomic E-state index is 6.36. The van der Waals surface area contributed by atoms with E-state index in [0.29, 0.717) is 0 Å². The minimum atomic E-state index is 0.871. The molecule has 3 heteroatoms. The highest BCUT2D eigenvalue weighted by Gasteiger charge is 2.18.